The largest absolute Gasteiger partial charge is 0.491 e. The SMILES string of the molecule is CC(C)Oc1cccc(C(=O)Nc2ccc(Oc3ccc(NC(=O)c4cccc(OC(C)C)c4)cc3)cc2)c1. The zero-order valence-electron chi connectivity index (χ0n) is 22.4. The molecule has 0 atom stereocenters. The predicted molar refractivity (Wildman–Crippen MR) is 153 cm³/mol. The molecule has 2 N–H and O–H groups in total. The minimum Gasteiger partial charge on any atom is -0.491 e. The van der Waals surface area contributed by atoms with Crippen molar-refractivity contribution >= 4 is 23.2 Å². The first-order valence-electron chi connectivity index (χ1n) is 12.8. The number of amides is 2. The standard InChI is InChI=1S/C32H32N2O5/c1-21(2)37-29-9-5-7-23(19-29)31(35)33-25-11-15-27(16-12-25)39-28-17-13-26(14-18-28)34-32(36)24-8-6-10-30(20-24)38-22(3)4/h5-22H,1-4H3,(H,33,35)(H,34,36). The highest BCUT2D eigenvalue weighted by Gasteiger charge is 2.10. The van der Waals surface area contributed by atoms with E-state index in [2.05, 4.69) is 10.6 Å². The van der Waals surface area contributed by atoms with Crippen LogP contribution in [0.2, 0.25) is 0 Å². The van der Waals surface area contributed by atoms with E-state index in [4.69, 9.17) is 14.2 Å². The second kappa shape index (κ2) is 12.6. The Hall–Kier alpha value is -4.78. The number of ether oxygens (including phenoxy) is 3. The molecule has 0 aromatic heterocycles. The lowest BCUT2D eigenvalue weighted by Crippen LogP contribution is -2.12. The monoisotopic (exact) mass is 524 g/mol. The molecule has 0 spiro atoms. The van der Waals surface area contributed by atoms with Gasteiger partial charge in [-0.25, -0.2) is 0 Å². The van der Waals surface area contributed by atoms with E-state index in [-0.39, 0.29) is 24.0 Å². The Bertz CT molecular complexity index is 1300. The summed E-state index contributed by atoms with van der Waals surface area (Å²) in [5.41, 5.74) is 2.31. The van der Waals surface area contributed by atoms with Crippen molar-refractivity contribution in [1.29, 1.82) is 0 Å². The molecule has 39 heavy (non-hydrogen) atoms. The number of rotatable bonds is 10. The molecule has 0 fully saturated rings. The van der Waals surface area contributed by atoms with E-state index in [9.17, 15) is 9.59 Å². The van der Waals surface area contributed by atoms with Gasteiger partial charge < -0.3 is 24.8 Å². The van der Waals surface area contributed by atoms with Gasteiger partial charge in [0.2, 0.25) is 0 Å². The Morgan fingerprint density at radius 3 is 1.28 bits per heavy atom. The van der Waals surface area contributed by atoms with E-state index in [1.165, 1.54) is 0 Å². The first-order chi connectivity index (χ1) is 18.7. The fourth-order valence-electron chi connectivity index (χ4n) is 3.72. The molecule has 0 aliphatic heterocycles. The molecule has 0 aliphatic rings. The van der Waals surface area contributed by atoms with Crippen molar-refractivity contribution in [3.8, 4) is 23.0 Å². The number of nitrogens with one attached hydrogen (secondary N) is 2. The number of benzene rings is 4. The first kappa shape index (κ1) is 27.3. The van der Waals surface area contributed by atoms with Gasteiger partial charge in [0, 0.05) is 22.5 Å². The van der Waals surface area contributed by atoms with Crippen LogP contribution in [0, 0.1) is 0 Å². The molecule has 0 saturated heterocycles. The summed E-state index contributed by atoms with van der Waals surface area (Å²) < 4.78 is 17.3. The minimum atomic E-state index is -0.227. The maximum Gasteiger partial charge on any atom is 0.255 e. The molecule has 0 heterocycles. The predicted octanol–water partition coefficient (Wildman–Crippen LogP) is 7.56. The maximum absolute atomic E-state index is 12.7. The lowest BCUT2D eigenvalue weighted by molar-refractivity contribution is 0.101. The summed E-state index contributed by atoms with van der Waals surface area (Å²) in [6.07, 6.45) is 0.0529. The molecule has 0 aliphatic carbocycles. The Labute approximate surface area is 228 Å². The van der Waals surface area contributed by atoms with E-state index in [1.807, 2.05) is 39.8 Å². The molecular weight excluding hydrogens is 492 g/mol. The van der Waals surface area contributed by atoms with Crippen molar-refractivity contribution in [2.24, 2.45) is 0 Å². The number of carbonyl (C=O) groups excluding carboxylic acids is 2. The molecule has 7 heteroatoms. The van der Waals surface area contributed by atoms with Crippen LogP contribution in [0.25, 0.3) is 0 Å². The highest BCUT2D eigenvalue weighted by Crippen LogP contribution is 2.25. The van der Waals surface area contributed by atoms with Crippen molar-refractivity contribution in [3.63, 3.8) is 0 Å². The molecule has 4 aromatic rings. The smallest absolute Gasteiger partial charge is 0.255 e. The van der Waals surface area contributed by atoms with E-state index in [0.29, 0.717) is 45.5 Å². The van der Waals surface area contributed by atoms with E-state index in [0.717, 1.165) is 0 Å². The molecular formula is C32H32N2O5. The van der Waals surface area contributed by atoms with Crippen LogP contribution in [0.4, 0.5) is 11.4 Å². The van der Waals surface area contributed by atoms with Gasteiger partial charge >= 0.3 is 0 Å². The maximum atomic E-state index is 12.7. The van der Waals surface area contributed by atoms with Gasteiger partial charge in [0.05, 0.1) is 12.2 Å². The van der Waals surface area contributed by atoms with Gasteiger partial charge in [0.1, 0.15) is 23.0 Å². The Kier molecular flexibility index (Phi) is 8.84. The lowest BCUT2D eigenvalue weighted by atomic mass is 10.2. The molecule has 200 valence electrons. The number of carbonyl (C=O) groups is 2. The second-order valence-corrected chi connectivity index (χ2v) is 9.45. The minimum absolute atomic E-state index is 0.0265. The van der Waals surface area contributed by atoms with Crippen LogP contribution in [0.3, 0.4) is 0 Å². The topological polar surface area (TPSA) is 85.9 Å². The van der Waals surface area contributed by atoms with Gasteiger partial charge in [-0.1, -0.05) is 12.1 Å². The van der Waals surface area contributed by atoms with Gasteiger partial charge in [-0.3, -0.25) is 9.59 Å². The summed E-state index contributed by atoms with van der Waals surface area (Å²) in [6.45, 7) is 7.75. The summed E-state index contributed by atoms with van der Waals surface area (Å²) in [7, 11) is 0. The van der Waals surface area contributed by atoms with Gasteiger partial charge in [-0.15, -0.1) is 0 Å². The van der Waals surface area contributed by atoms with Gasteiger partial charge in [-0.05, 0) is 113 Å². The van der Waals surface area contributed by atoms with Crippen molar-refractivity contribution in [1.82, 2.24) is 0 Å². The molecule has 0 unspecified atom stereocenters. The first-order valence-corrected chi connectivity index (χ1v) is 12.8. The summed E-state index contributed by atoms with van der Waals surface area (Å²) >= 11 is 0. The van der Waals surface area contributed by atoms with Crippen LogP contribution < -0.4 is 24.8 Å². The molecule has 4 rings (SSSR count). The molecule has 4 aromatic carbocycles. The van der Waals surface area contributed by atoms with Gasteiger partial charge in [0.25, 0.3) is 11.8 Å². The normalized spacial score (nSPS) is 10.7. The van der Waals surface area contributed by atoms with Crippen LogP contribution >= 0.6 is 0 Å². The zero-order valence-corrected chi connectivity index (χ0v) is 22.4. The zero-order chi connectivity index (χ0) is 27.8. The van der Waals surface area contributed by atoms with Crippen molar-refractivity contribution in [2.45, 2.75) is 39.9 Å². The van der Waals surface area contributed by atoms with Crippen LogP contribution in [-0.4, -0.2) is 24.0 Å². The molecule has 0 saturated carbocycles. The number of anilines is 2. The van der Waals surface area contributed by atoms with E-state index < -0.39 is 0 Å². The third-order valence-electron chi connectivity index (χ3n) is 5.40. The highest BCUT2D eigenvalue weighted by atomic mass is 16.5. The molecule has 7 nitrogen and oxygen atoms in total. The van der Waals surface area contributed by atoms with Crippen LogP contribution in [0.15, 0.2) is 97.1 Å². The van der Waals surface area contributed by atoms with E-state index >= 15 is 0 Å². The number of hydrogen-bond donors (Lipinski definition) is 2. The van der Waals surface area contributed by atoms with Crippen LogP contribution in [0.5, 0.6) is 23.0 Å². The summed E-state index contributed by atoms with van der Waals surface area (Å²) in [6, 6.07) is 28.3. The average molecular weight is 525 g/mol. The quantitative estimate of drug-likeness (QED) is 0.224. The molecule has 2 amide bonds. The molecule has 0 bridgehead atoms. The van der Waals surface area contributed by atoms with Crippen molar-refractivity contribution in [3.05, 3.63) is 108 Å². The number of hydrogen-bond acceptors (Lipinski definition) is 5. The molecule has 0 radical (unpaired) electrons. The van der Waals surface area contributed by atoms with Gasteiger partial charge in [-0.2, -0.15) is 0 Å². The Morgan fingerprint density at radius 1 is 0.538 bits per heavy atom. The lowest BCUT2D eigenvalue weighted by Gasteiger charge is -2.12. The summed E-state index contributed by atoms with van der Waals surface area (Å²) in [5.74, 6) is 2.07. The van der Waals surface area contributed by atoms with Crippen molar-refractivity contribution < 1.29 is 23.8 Å². The summed E-state index contributed by atoms with van der Waals surface area (Å²) in [4.78, 5) is 25.3. The van der Waals surface area contributed by atoms with E-state index in [1.54, 1.807) is 84.9 Å². The Balaban J connectivity index is 1.32. The average Bonchev–Trinajstić information content (AvgIpc) is 2.90. The van der Waals surface area contributed by atoms with Gasteiger partial charge in [0.15, 0.2) is 0 Å². The Morgan fingerprint density at radius 2 is 0.923 bits per heavy atom. The third kappa shape index (κ3) is 8.10. The fraction of sp³-hybridized carbons (Fsp3) is 0.188. The fourth-order valence-corrected chi connectivity index (χ4v) is 3.72. The van der Waals surface area contributed by atoms with Crippen LogP contribution in [-0.2, 0) is 0 Å². The second-order valence-electron chi connectivity index (χ2n) is 9.45. The highest BCUT2D eigenvalue weighted by molar-refractivity contribution is 6.05. The van der Waals surface area contributed by atoms with Crippen LogP contribution in [0.1, 0.15) is 48.4 Å². The van der Waals surface area contributed by atoms with Crippen molar-refractivity contribution in [2.75, 3.05) is 10.6 Å². The summed E-state index contributed by atoms with van der Waals surface area (Å²) in [5, 5.41) is 5.77. The third-order valence-corrected chi connectivity index (χ3v) is 5.40.